The first-order valence-corrected chi connectivity index (χ1v) is 4.53. The predicted molar refractivity (Wildman–Crippen MR) is 52.2 cm³/mol. The van der Waals surface area contributed by atoms with E-state index in [1.807, 2.05) is 0 Å². The Morgan fingerprint density at radius 2 is 2.00 bits per heavy atom. The van der Waals surface area contributed by atoms with Crippen LogP contribution < -0.4 is 11.1 Å². The third-order valence-electron chi connectivity index (χ3n) is 1.48. The van der Waals surface area contributed by atoms with Crippen LogP contribution in [0.4, 0.5) is 0 Å². The lowest BCUT2D eigenvalue weighted by atomic mass is 10.2. The molecule has 3 N–H and O–H groups in total. The Kier molecular flexibility index (Phi) is 5.46. The maximum absolute atomic E-state index is 5.52. The van der Waals surface area contributed by atoms with E-state index in [9.17, 15) is 0 Å². The fraction of sp³-hybridized carbons (Fsp3) is 1.00. The fourth-order valence-electron chi connectivity index (χ4n) is 0.746. The van der Waals surface area contributed by atoms with Gasteiger partial charge < -0.3 is 15.8 Å². The van der Waals surface area contributed by atoms with Crippen LogP contribution in [0.3, 0.4) is 0 Å². The summed E-state index contributed by atoms with van der Waals surface area (Å²) in [4.78, 5) is 0. The summed E-state index contributed by atoms with van der Waals surface area (Å²) in [6, 6.07) is 0.383. The second kappa shape index (κ2) is 5.51. The third kappa shape index (κ3) is 7.98. The number of nitrogens with one attached hydrogen (secondary N) is 1. The summed E-state index contributed by atoms with van der Waals surface area (Å²) >= 11 is 0. The van der Waals surface area contributed by atoms with Crippen molar-refractivity contribution in [2.24, 2.45) is 5.73 Å². The van der Waals surface area contributed by atoms with Crippen LogP contribution in [0.25, 0.3) is 0 Å². The van der Waals surface area contributed by atoms with Gasteiger partial charge in [0, 0.05) is 19.1 Å². The first-order valence-electron chi connectivity index (χ1n) is 4.53. The standard InChI is InChI=1S/C9H22N2O/c1-8(7-10)11-5-6-12-9(2,3)4/h8,11H,5-7,10H2,1-4H3/t8-/m0/s1. The average Bonchev–Trinajstić information content (AvgIpc) is 1.96. The van der Waals surface area contributed by atoms with E-state index in [0.717, 1.165) is 13.2 Å². The van der Waals surface area contributed by atoms with Gasteiger partial charge in [-0.25, -0.2) is 0 Å². The number of hydrogen-bond donors (Lipinski definition) is 2. The van der Waals surface area contributed by atoms with Gasteiger partial charge in [0.25, 0.3) is 0 Å². The van der Waals surface area contributed by atoms with Crippen LogP contribution in [-0.2, 0) is 4.74 Å². The molecule has 0 aliphatic heterocycles. The molecule has 0 spiro atoms. The number of rotatable bonds is 5. The van der Waals surface area contributed by atoms with Crippen LogP contribution in [0.1, 0.15) is 27.7 Å². The largest absolute Gasteiger partial charge is 0.375 e. The van der Waals surface area contributed by atoms with Crippen LogP contribution in [0.2, 0.25) is 0 Å². The lowest BCUT2D eigenvalue weighted by Crippen LogP contribution is -2.36. The molecule has 3 nitrogen and oxygen atoms in total. The van der Waals surface area contributed by atoms with Crippen molar-refractivity contribution in [3.63, 3.8) is 0 Å². The van der Waals surface area contributed by atoms with E-state index in [2.05, 4.69) is 33.0 Å². The number of hydrogen-bond acceptors (Lipinski definition) is 3. The summed E-state index contributed by atoms with van der Waals surface area (Å²) < 4.78 is 5.52. The number of nitrogens with two attached hydrogens (primary N) is 1. The summed E-state index contributed by atoms with van der Waals surface area (Å²) in [6.07, 6.45) is 0. The minimum Gasteiger partial charge on any atom is -0.375 e. The van der Waals surface area contributed by atoms with Crippen molar-refractivity contribution >= 4 is 0 Å². The molecule has 12 heavy (non-hydrogen) atoms. The normalized spacial score (nSPS) is 14.8. The highest BCUT2D eigenvalue weighted by atomic mass is 16.5. The third-order valence-corrected chi connectivity index (χ3v) is 1.48. The fourth-order valence-corrected chi connectivity index (χ4v) is 0.746. The second-order valence-corrected chi connectivity index (χ2v) is 4.05. The van der Waals surface area contributed by atoms with Gasteiger partial charge >= 0.3 is 0 Å². The van der Waals surface area contributed by atoms with Gasteiger partial charge in [-0.3, -0.25) is 0 Å². The second-order valence-electron chi connectivity index (χ2n) is 4.05. The molecule has 0 aliphatic carbocycles. The predicted octanol–water partition coefficient (Wildman–Crippen LogP) is 0.738. The molecule has 0 fully saturated rings. The van der Waals surface area contributed by atoms with Gasteiger partial charge in [-0.05, 0) is 27.7 Å². The van der Waals surface area contributed by atoms with Gasteiger partial charge in [0.05, 0.1) is 12.2 Å². The van der Waals surface area contributed by atoms with E-state index in [1.54, 1.807) is 0 Å². The molecule has 0 rings (SSSR count). The van der Waals surface area contributed by atoms with Crippen LogP contribution in [0.5, 0.6) is 0 Å². The number of ether oxygens (including phenoxy) is 1. The summed E-state index contributed by atoms with van der Waals surface area (Å²) in [7, 11) is 0. The van der Waals surface area contributed by atoms with Crippen LogP contribution in [-0.4, -0.2) is 31.3 Å². The Balaban J connectivity index is 3.22. The van der Waals surface area contributed by atoms with Gasteiger partial charge in [0.1, 0.15) is 0 Å². The molecule has 0 saturated heterocycles. The van der Waals surface area contributed by atoms with E-state index in [4.69, 9.17) is 10.5 Å². The summed E-state index contributed by atoms with van der Waals surface area (Å²) in [5.74, 6) is 0. The van der Waals surface area contributed by atoms with Crippen molar-refractivity contribution in [3.8, 4) is 0 Å². The molecule has 0 radical (unpaired) electrons. The van der Waals surface area contributed by atoms with Crippen molar-refractivity contribution in [1.29, 1.82) is 0 Å². The SMILES string of the molecule is C[C@@H](CN)NCCOC(C)(C)C. The maximum atomic E-state index is 5.52. The minimum absolute atomic E-state index is 0.0341. The van der Waals surface area contributed by atoms with Crippen LogP contribution >= 0.6 is 0 Å². The summed E-state index contributed by atoms with van der Waals surface area (Å²) in [6.45, 7) is 10.5. The van der Waals surface area contributed by atoms with E-state index in [0.29, 0.717) is 12.6 Å². The molecule has 0 aromatic rings. The molecule has 0 aromatic heterocycles. The van der Waals surface area contributed by atoms with Crippen LogP contribution in [0.15, 0.2) is 0 Å². The van der Waals surface area contributed by atoms with Gasteiger partial charge in [0.15, 0.2) is 0 Å². The van der Waals surface area contributed by atoms with Crippen molar-refractivity contribution in [3.05, 3.63) is 0 Å². The molecular weight excluding hydrogens is 152 g/mol. The zero-order chi connectivity index (χ0) is 9.61. The highest BCUT2D eigenvalue weighted by Gasteiger charge is 2.08. The zero-order valence-corrected chi connectivity index (χ0v) is 8.68. The molecule has 0 unspecified atom stereocenters. The molecule has 0 bridgehead atoms. The Hall–Kier alpha value is -0.120. The summed E-state index contributed by atoms with van der Waals surface area (Å²) in [5.41, 5.74) is 5.40. The maximum Gasteiger partial charge on any atom is 0.0599 e. The zero-order valence-electron chi connectivity index (χ0n) is 8.68. The first kappa shape index (κ1) is 11.9. The molecule has 3 heteroatoms. The van der Waals surface area contributed by atoms with Gasteiger partial charge in [-0.2, -0.15) is 0 Å². The molecular formula is C9H22N2O. The van der Waals surface area contributed by atoms with Crippen molar-refractivity contribution in [1.82, 2.24) is 5.32 Å². The lowest BCUT2D eigenvalue weighted by molar-refractivity contribution is -0.00140. The molecule has 0 amide bonds. The average molecular weight is 174 g/mol. The Morgan fingerprint density at radius 3 is 2.42 bits per heavy atom. The molecule has 74 valence electrons. The van der Waals surface area contributed by atoms with E-state index in [1.165, 1.54) is 0 Å². The van der Waals surface area contributed by atoms with E-state index < -0.39 is 0 Å². The monoisotopic (exact) mass is 174 g/mol. The molecule has 1 atom stereocenters. The van der Waals surface area contributed by atoms with Crippen LogP contribution in [0, 0.1) is 0 Å². The minimum atomic E-state index is -0.0341. The van der Waals surface area contributed by atoms with E-state index >= 15 is 0 Å². The topological polar surface area (TPSA) is 47.3 Å². The van der Waals surface area contributed by atoms with Crippen molar-refractivity contribution in [2.45, 2.75) is 39.3 Å². The highest BCUT2D eigenvalue weighted by molar-refractivity contribution is 4.62. The van der Waals surface area contributed by atoms with Gasteiger partial charge in [0.2, 0.25) is 0 Å². The van der Waals surface area contributed by atoms with Crippen molar-refractivity contribution in [2.75, 3.05) is 19.7 Å². The Morgan fingerprint density at radius 1 is 1.42 bits per heavy atom. The van der Waals surface area contributed by atoms with Gasteiger partial charge in [-0.1, -0.05) is 0 Å². The van der Waals surface area contributed by atoms with Crippen molar-refractivity contribution < 1.29 is 4.74 Å². The Labute approximate surface area is 75.7 Å². The van der Waals surface area contributed by atoms with E-state index in [-0.39, 0.29) is 5.60 Å². The van der Waals surface area contributed by atoms with Gasteiger partial charge in [-0.15, -0.1) is 0 Å². The molecule has 0 saturated carbocycles. The Bertz CT molecular complexity index is 110. The first-order chi connectivity index (χ1) is 5.45. The quantitative estimate of drug-likeness (QED) is 0.604. The molecule has 0 aliphatic rings. The molecule has 0 heterocycles. The smallest absolute Gasteiger partial charge is 0.0599 e. The lowest BCUT2D eigenvalue weighted by Gasteiger charge is -2.20. The highest BCUT2D eigenvalue weighted by Crippen LogP contribution is 2.04. The molecule has 0 aromatic carbocycles. The summed E-state index contributed by atoms with van der Waals surface area (Å²) in [5, 5.41) is 3.25.